The Morgan fingerprint density at radius 3 is 2.96 bits per heavy atom. The molecule has 1 aliphatic carbocycles. The normalized spacial score (nSPS) is 23.1. The van der Waals surface area contributed by atoms with Crippen LogP contribution in [0.3, 0.4) is 0 Å². The summed E-state index contributed by atoms with van der Waals surface area (Å²) in [7, 11) is 0. The minimum atomic E-state index is -0.469. The average molecular weight is 377 g/mol. The maximum Gasteiger partial charge on any atom is 0.415 e. The van der Waals surface area contributed by atoms with Crippen molar-refractivity contribution in [3.05, 3.63) is 65.4 Å². The second kappa shape index (κ2) is 6.45. The highest BCUT2D eigenvalue weighted by molar-refractivity contribution is 5.94. The number of anilines is 1. The van der Waals surface area contributed by atoms with Crippen LogP contribution in [0.15, 0.2) is 46.9 Å². The summed E-state index contributed by atoms with van der Waals surface area (Å²) < 4.78 is 10.8. The van der Waals surface area contributed by atoms with E-state index >= 15 is 0 Å². The Labute approximate surface area is 161 Å². The molecule has 0 radical (unpaired) electrons. The van der Waals surface area contributed by atoms with Crippen LogP contribution in [0, 0.1) is 6.92 Å². The molecule has 7 heteroatoms. The van der Waals surface area contributed by atoms with Gasteiger partial charge in [0.1, 0.15) is 6.10 Å². The van der Waals surface area contributed by atoms with Gasteiger partial charge in [0, 0.05) is 12.5 Å². The van der Waals surface area contributed by atoms with E-state index in [9.17, 15) is 9.90 Å². The number of nitrogens with zero attached hydrogens (tertiary/aromatic N) is 3. The van der Waals surface area contributed by atoms with E-state index in [1.807, 2.05) is 24.3 Å². The van der Waals surface area contributed by atoms with Gasteiger partial charge in [-0.25, -0.2) is 4.79 Å². The van der Waals surface area contributed by atoms with Crippen molar-refractivity contribution in [1.29, 1.82) is 0 Å². The van der Waals surface area contributed by atoms with E-state index in [0.29, 0.717) is 24.6 Å². The van der Waals surface area contributed by atoms with Crippen LogP contribution in [-0.4, -0.2) is 40.1 Å². The third kappa shape index (κ3) is 2.66. The largest absolute Gasteiger partial charge is 0.441 e. The molecule has 2 atom stereocenters. The summed E-state index contributed by atoms with van der Waals surface area (Å²) in [5, 5.41) is 17.5. The first kappa shape index (κ1) is 16.9. The summed E-state index contributed by atoms with van der Waals surface area (Å²) in [4.78, 5) is 13.8. The van der Waals surface area contributed by atoms with Gasteiger partial charge < -0.3 is 14.3 Å². The Morgan fingerprint density at radius 2 is 2.18 bits per heavy atom. The van der Waals surface area contributed by atoms with Gasteiger partial charge in [0.25, 0.3) is 0 Å². The molecule has 1 aromatic heterocycles. The first-order valence-electron chi connectivity index (χ1n) is 9.26. The van der Waals surface area contributed by atoms with Gasteiger partial charge in [-0.2, -0.15) is 0 Å². The van der Waals surface area contributed by atoms with Crippen LogP contribution in [-0.2, 0) is 11.2 Å². The number of aliphatic hydroxyl groups excluding tert-OH is 1. The zero-order valence-electron chi connectivity index (χ0n) is 15.3. The number of ether oxygens (including phenoxy) is 1. The lowest BCUT2D eigenvalue weighted by Crippen LogP contribution is -2.34. The number of carbonyl (C=O) groups excluding carboxylic acids is 1. The monoisotopic (exact) mass is 377 g/mol. The van der Waals surface area contributed by atoms with Crippen molar-refractivity contribution >= 4 is 22.9 Å². The fourth-order valence-corrected chi connectivity index (χ4v) is 4.02. The number of aromatic nitrogens is 2. The minimum Gasteiger partial charge on any atom is -0.441 e. The zero-order valence-corrected chi connectivity index (χ0v) is 15.3. The Morgan fingerprint density at radius 1 is 1.29 bits per heavy atom. The first-order valence-corrected chi connectivity index (χ1v) is 9.26. The van der Waals surface area contributed by atoms with Crippen LogP contribution in [0.25, 0.3) is 11.1 Å². The van der Waals surface area contributed by atoms with Crippen molar-refractivity contribution in [3.63, 3.8) is 0 Å². The van der Waals surface area contributed by atoms with Gasteiger partial charge in [0.15, 0.2) is 0 Å². The summed E-state index contributed by atoms with van der Waals surface area (Å²) in [5.74, 6) is 1.09. The molecule has 28 heavy (non-hydrogen) atoms. The number of benzene rings is 1. The fourth-order valence-electron chi connectivity index (χ4n) is 4.02. The highest BCUT2D eigenvalue weighted by Crippen LogP contribution is 2.40. The van der Waals surface area contributed by atoms with Gasteiger partial charge in [-0.3, -0.25) is 4.90 Å². The van der Waals surface area contributed by atoms with E-state index in [1.165, 1.54) is 0 Å². The highest BCUT2D eigenvalue weighted by atomic mass is 16.6. The molecule has 7 nitrogen and oxygen atoms in total. The molecule has 5 rings (SSSR count). The van der Waals surface area contributed by atoms with Gasteiger partial charge in [0.05, 0.1) is 18.3 Å². The number of cyclic esters (lactones) is 1. The number of hydrogen-bond acceptors (Lipinski definition) is 6. The molecule has 3 heterocycles. The number of amides is 1. The van der Waals surface area contributed by atoms with Crippen molar-refractivity contribution in [1.82, 2.24) is 10.2 Å². The molecule has 2 aliphatic heterocycles. The van der Waals surface area contributed by atoms with Crippen LogP contribution in [0.1, 0.15) is 29.3 Å². The third-order valence-electron chi connectivity index (χ3n) is 5.39. The van der Waals surface area contributed by atoms with E-state index in [4.69, 9.17) is 9.15 Å². The molecular weight excluding hydrogens is 358 g/mol. The molecule has 1 saturated heterocycles. The van der Waals surface area contributed by atoms with Gasteiger partial charge in [-0.05, 0) is 41.7 Å². The molecule has 1 fully saturated rings. The van der Waals surface area contributed by atoms with E-state index < -0.39 is 6.10 Å². The van der Waals surface area contributed by atoms with E-state index in [0.717, 1.165) is 28.0 Å². The van der Waals surface area contributed by atoms with Crippen LogP contribution in [0.2, 0.25) is 0 Å². The molecule has 1 amide bonds. The summed E-state index contributed by atoms with van der Waals surface area (Å²) >= 11 is 0. The number of allylic oxidation sites excluding steroid dienone is 6. The lowest BCUT2D eigenvalue weighted by atomic mass is 9.99. The van der Waals surface area contributed by atoms with Gasteiger partial charge >= 0.3 is 6.09 Å². The molecule has 3 aliphatic rings. The molecule has 2 aromatic rings. The fraction of sp³-hybridized carbons (Fsp3) is 0.286. The second-order valence-corrected chi connectivity index (χ2v) is 7.14. The van der Waals surface area contributed by atoms with Gasteiger partial charge in [0.2, 0.25) is 11.8 Å². The predicted octanol–water partition coefficient (Wildman–Crippen LogP) is 3.05. The molecule has 0 saturated carbocycles. The highest BCUT2D eigenvalue weighted by Gasteiger charge is 2.47. The number of rotatable bonds is 3. The molecule has 142 valence electrons. The first-order chi connectivity index (χ1) is 13.6. The maximum atomic E-state index is 12.1. The Balaban J connectivity index is 1.46. The summed E-state index contributed by atoms with van der Waals surface area (Å²) in [6.07, 6.45) is 8.75. The number of carbonyl (C=O) groups is 1. The van der Waals surface area contributed by atoms with Crippen molar-refractivity contribution < 1.29 is 19.1 Å². The van der Waals surface area contributed by atoms with Crippen LogP contribution in [0.4, 0.5) is 10.5 Å². The van der Waals surface area contributed by atoms with E-state index in [-0.39, 0.29) is 18.7 Å². The van der Waals surface area contributed by atoms with Crippen molar-refractivity contribution in [2.24, 2.45) is 0 Å². The Hall–Kier alpha value is -3.19. The summed E-state index contributed by atoms with van der Waals surface area (Å²) in [6.45, 7) is 1.61. The van der Waals surface area contributed by atoms with E-state index in [2.05, 4.69) is 28.4 Å². The number of aliphatic hydroxyl groups is 1. The quantitative estimate of drug-likeness (QED) is 0.884. The topological polar surface area (TPSA) is 88.7 Å². The number of fused-ring (bicyclic) bond motifs is 3. The smallest absolute Gasteiger partial charge is 0.415 e. The molecule has 0 bridgehead atoms. The number of hydrogen-bond donors (Lipinski definition) is 1. The Kier molecular flexibility index (Phi) is 3.91. The van der Waals surface area contributed by atoms with Crippen molar-refractivity contribution in [2.45, 2.75) is 31.9 Å². The van der Waals surface area contributed by atoms with Gasteiger partial charge in [-0.1, -0.05) is 30.4 Å². The SMILES string of the molecule is Cc1nnc(C2=CC=C(c3ccc4c(c3)CC3C(CO)OC(=O)N43)C=CC2)o1. The summed E-state index contributed by atoms with van der Waals surface area (Å²) in [6, 6.07) is 5.94. The molecule has 0 spiro atoms. The van der Waals surface area contributed by atoms with Crippen LogP contribution < -0.4 is 4.90 Å². The molecule has 1 N–H and O–H groups in total. The van der Waals surface area contributed by atoms with Gasteiger partial charge in [-0.15, -0.1) is 10.2 Å². The van der Waals surface area contributed by atoms with Crippen molar-refractivity contribution in [2.75, 3.05) is 11.5 Å². The second-order valence-electron chi connectivity index (χ2n) is 7.14. The lowest BCUT2D eigenvalue weighted by molar-refractivity contribution is 0.0830. The predicted molar refractivity (Wildman–Crippen MR) is 103 cm³/mol. The van der Waals surface area contributed by atoms with E-state index in [1.54, 1.807) is 11.8 Å². The zero-order chi connectivity index (χ0) is 19.3. The van der Waals surface area contributed by atoms with Crippen LogP contribution in [0.5, 0.6) is 0 Å². The molecule has 1 aromatic carbocycles. The Bertz CT molecular complexity index is 1050. The minimum absolute atomic E-state index is 0.131. The molecular formula is C21H19N3O4. The molecule has 2 unspecified atom stereocenters. The number of aryl methyl sites for hydroxylation is 1. The maximum absolute atomic E-state index is 12.1. The third-order valence-corrected chi connectivity index (χ3v) is 5.39. The van der Waals surface area contributed by atoms with Crippen molar-refractivity contribution in [3.8, 4) is 0 Å². The summed E-state index contributed by atoms with van der Waals surface area (Å²) in [5.41, 5.74) is 5.08. The van der Waals surface area contributed by atoms with Crippen LogP contribution >= 0.6 is 0 Å². The standard InChI is InChI=1S/C21H19N3O4/c1-12-22-23-20(27-12)14-4-2-3-13(5-6-14)15-7-8-17-16(9-15)10-18-19(11-25)28-21(26)24(17)18/h2-3,5-9,18-19,25H,4,10-11H2,1H3. The average Bonchev–Trinajstić information content (AvgIpc) is 3.31. The lowest BCUT2D eigenvalue weighted by Gasteiger charge is -2.14.